The van der Waals surface area contributed by atoms with Crippen molar-refractivity contribution in [1.29, 1.82) is 0 Å². The molecule has 0 aliphatic carbocycles. The van der Waals surface area contributed by atoms with Gasteiger partial charge in [0.1, 0.15) is 11.5 Å². The summed E-state index contributed by atoms with van der Waals surface area (Å²) in [6.07, 6.45) is 0.729. The van der Waals surface area contributed by atoms with Crippen LogP contribution >= 0.6 is 0 Å². The molecule has 26 heavy (non-hydrogen) atoms. The summed E-state index contributed by atoms with van der Waals surface area (Å²) in [6, 6.07) is 17.2. The van der Waals surface area contributed by atoms with Gasteiger partial charge in [0.15, 0.2) is 0 Å². The Kier molecular flexibility index (Phi) is 5.76. The largest absolute Gasteiger partial charge is 0.385 e. The Morgan fingerprint density at radius 2 is 1.88 bits per heavy atom. The second kappa shape index (κ2) is 8.40. The van der Waals surface area contributed by atoms with Crippen LogP contribution in [0, 0.1) is 5.82 Å². The molecule has 2 aromatic carbocycles. The van der Waals surface area contributed by atoms with E-state index in [1.165, 1.54) is 12.1 Å². The van der Waals surface area contributed by atoms with E-state index >= 15 is 0 Å². The molecule has 0 aliphatic rings. The molecule has 5 nitrogen and oxygen atoms in total. The first-order chi connectivity index (χ1) is 12.7. The minimum atomic E-state index is -0.313. The highest BCUT2D eigenvalue weighted by atomic mass is 19.1. The number of hydrogen-bond acceptors (Lipinski definition) is 3. The summed E-state index contributed by atoms with van der Waals surface area (Å²) >= 11 is 0. The van der Waals surface area contributed by atoms with Crippen molar-refractivity contribution >= 4 is 5.91 Å². The normalized spacial score (nSPS) is 10.7. The molecular formula is C20H20FN3O2. The van der Waals surface area contributed by atoms with Crippen molar-refractivity contribution in [3.8, 4) is 16.9 Å². The minimum Gasteiger partial charge on any atom is -0.385 e. The van der Waals surface area contributed by atoms with E-state index in [4.69, 9.17) is 4.74 Å². The number of methoxy groups -OCH3 is 1. The third-order valence-corrected chi connectivity index (χ3v) is 3.89. The van der Waals surface area contributed by atoms with Crippen molar-refractivity contribution < 1.29 is 13.9 Å². The van der Waals surface area contributed by atoms with E-state index < -0.39 is 0 Å². The molecule has 1 aromatic heterocycles. The van der Waals surface area contributed by atoms with E-state index in [-0.39, 0.29) is 11.7 Å². The maximum Gasteiger partial charge on any atom is 0.270 e. The topological polar surface area (TPSA) is 56.1 Å². The molecule has 0 bridgehead atoms. The van der Waals surface area contributed by atoms with E-state index in [1.54, 1.807) is 30.0 Å². The van der Waals surface area contributed by atoms with E-state index in [9.17, 15) is 9.18 Å². The number of para-hydroxylation sites is 1. The van der Waals surface area contributed by atoms with Crippen LogP contribution in [0.5, 0.6) is 0 Å². The Hall–Kier alpha value is -2.99. The Labute approximate surface area is 151 Å². The van der Waals surface area contributed by atoms with Crippen LogP contribution in [0.1, 0.15) is 16.9 Å². The van der Waals surface area contributed by atoms with Crippen molar-refractivity contribution in [2.24, 2.45) is 0 Å². The molecule has 1 amide bonds. The zero-order chi connectivity index (χ0) is 18.4. The quantitative estimate of drug-likeness (QED) is 0.662. The first-order valence-corrected chi connectivity index (χ1v) is 8.37. The van der Waals surface area contributed by atoms with Gasteiger partial charge in [0, 0.05) is 25.8 Å². The van der Waals surface area contributed by atoms with Crippen LogP contribution in [0.3, 0.4) is 0 Å². The number of rotatable bonds is 7. The Morgan fingerprint density at radius 1 is 1.15 bits per heavy atom. The number of hydrogen-bond donors (Lipinski definition) is 1. The number of benzene rings is 2. The number of carbonyl (C=O) groups is 1. The van der Waals surface area contributed by atoms with Crippen molar-refractivity contribution in [2.75, 3.05) is 20.3 Å². The molecule has 1 N–H and O–H groups in total. The number of carbonyl (C=O) groups excluding carboxylic acids is 1. The predicted molar refractivity (Wildman–Crippen MR) is 97.8 cm³/mol. The molecule has 134 valence electrons. The summed E-state index contributed by atoms with van der Waals surface area (Å²) in [4.78, 5) is 12.6. The highest BCUT2D eigenvalue weighted by Gasteiger charge is 2.17. The van der Waals surface area contributed by atoms with E-state index in [0.29, 0.717) is 24.5 Å². The molecule has 6 heteroatoms. The summed E-state index contributed by atoms with van der Waals surface area (Å²) in [7, 11) is 1.63. The lowest BCUT2D eigenvalue weighted by atomic mass is 10.1. The molecule has 0 spiro atoms. The van der Waals surface area contributed by atoms with Gasteiger partial charge in [0.05, 0.1) is 11.4 Å². The fourth-order valence-electron chi connectivity index (χ4n) is 2.58. The third-order valence-electron chi connectivity index (χ3n) is 3.89. The molecule has 0 unspecified atom stereocenters. The number of halogens is 1. The first-order valence-electron chi connectivity index (χ1n) is 8.37. The van der Waals surface area contributed by atoms with Crippen LogP contribution < -0.4 is 5.32 Å². The van der Waals surface area contributed by atoms with Crippen LogP contribution in [0.2, 0.25) is 0 Å². The number of nitrogens with zero attached hydrogens (tertiary/aromatic N) is 2. The summed E-state index contributed by atoms with van der Waals surface area (Å²) in [5.41, 5.74) is 2.56. The highest BCUT2D eigenvalue weighted by Crippen LogP contribution is 2.22. The average Bonchev–Trinajstić information content (AvgIpc) is 3.12. The van der Waals surface area contributed by atoms with Gasteiger partial charge >= 0.3 is 0 Å². The molecule has 3 aromatic rings. The van der Waals surface area contributed by atoms with Gasteiger partial charge in [-0.15, -0.1) is 0 Å². The molecule has 1 heterocycles. The summed E-state index contributed by atoms with van der Waals surface area (Å²) in [6.45, 7) is 1.09. The smallest absolute Gasteiger partial charge is 0.270 e. The van der Waals surface area contributed by atoms with Crippen LogP contribution in [0.4, 0.5) is 4.39 Å². The predicted octanol–water partition coefficient (Wildman–Crippen LogP) is 3.44. The van der Waals surface area contributed by atoms with E-state index in [1.807, 2.05) is 30.3 Å². The fourth-order valence-corrected chi connectivity index (χ4v) is 2.58. The van der Waals surface area contributed by atoms with Crippen molar-refractivity contribution in [3.63, 3.8) is 0 Å². The van der Waals surface area contributed by atoms with Crippen LogP contribution in [-0.4, -0.2) is 35.9 Å². The highest BCUT2D eigenvalue weighted by molar-refractivity contribution is 5.94. The van der Waals surface area contributed by atoms with Crippen LogP contribution in [0.25, 0.3) is 16.9 Å². The number of nitrogens with one attached hydrogen (secondary N) is 1. The van der Waals surface area contributed by atoms with Crippen molar-refractivity contribution in [2.45, 2.75) is 6.42 Å². The lowest BCUT2D eigenvalue weighted by Gasteiger charge is -2.08. The molecule has 0 atom stereocenters. The summed E-state index contributed by atoms with van der Waals surface area (Å²) in [5.74, 6) is -0.529. The number of aromatic nitrogens is 2. The Morgan fingerprint density at radius 3 is 2.58 bits per heavy atom. The monoisotopic (exact) mass is 353 g/mol. The van der Waals surface area contributed by atoms with Gasteiger partial charge in [-0.1, -0.05) is 18.2 Å². The molecule has 0 aliphatic heterocycles. The molecule has 3 rings (SSSR count). The SMILES string of the molecule is COCCCNC(=O)c1cc(-c2ccc(F)cc2)nn1-c1ccccc1. The maximum absolute atomic E-state index is 13.2. The lowest BCUT2D eigenvalue weighted by Crippen LogP contribution is -2.27. The standard InChI is InChI=1S/C20H20FN3O2/c1-26-13-5-12-22-20(25)19-14-18(15-8-10-16(21)11-9-15)23-24(19)17-6-3-2-4-7-17/h2-4,6-11,14H,5,12-13H2,1H3,(H,22,25). The second-order valence-corrected chi connectivity index (χ2v) is 5.77. The third kappa shape index (κ3) is 4.15. The zero-order valence-electron chi connectivity index (χ0n) is 14.5. The second-order valence-electron chi connectivity index (χ2n) is 5.77. The number of ether oxygens (including phenoxy) is 1. The maximum atomic E-state index is 13.2. The van der Waals surface area contributed by atoms with Crippen molar-refractivity contribution in [1.82, 2.24) is 15.1 Å². The average molecular weight is 353 g/mol. The van der Waals surface area contributed by atoms with Crippen molar-refractivity contribution in [3.05, 3.63) is 72.2 Å². The van der Waals surface area contributed by atoms with Crippen LogP contribution in [-0.2, 0) is 4.74 Å². The van der Waals surface area contributed by atoms with Gasteiger partial charge < -0.3 is 10.1 Å². The first kappa shape index (κ1) is 17.8. The summed E-state index contributed by atoms with van der Waals surface area (Å²) in [5, 5.41) is 7.43. The zero-order valence-corrected chi connectivity index (χ0v) is 14.5. The molecule has 0 saturated carbocycles. The lowest BCUT2D eigenvalue weighted by molar-refractivity contribution is 0.0941. The van der Waals surface area contributed by atoms with Gasteiger partial charge in [-0.05, 0) is 48.9 Å². The molecule has 0 saturated heterocycles. The van der Waals surface area contributed by atoms with Crippen LogP contribution in [0.15, 0.2) is 60.7 Å². The summed E-state index contributed by atoms with van der Waals surface area (Å²) < 4.78 is 19.8. The Bertz CT molecular complexity index is 861. The molecule has 0 radical (unpaired) electrons. The minimum absolute atomic E-state index is 0.217. The molecular weight excluding hydrogens is 333 g/mol. The van der Waals surface area contributed by atoms with E-state index in [0.717, 1.165) is 17.7 Å². The van der Waals surface area contributed by atoms with Gasteiger partial charge in [-0.25, -0.2) is 9.07 Å². The van der Waals surface area contributed by atoms with Gasteiger partial charge in [-0.3, -0.25) is 4.79 Å². The number of amides is 1. The van der Waals surface area contributed by atoms with Gasteiger partial charge in [0.2, 0.25) is 0 Å². The van der Waals surface area contributed by atoms with Gasteiger partial charge in [-0.2, -0.15) is 5.10 Å². The molecule has 0 fully saturated rings. The Balaban J connectivity index is 1.93. The fraction of sp³-hybridized carbons (Fsp3) is 0.200. The van der Waals surface area contributed by atoms with Gasteiger partial charge in [0.25, 0.3) is 5.91 Å². The van der Waals surface area contributed by atoms with E-state index in [2.05, 4.69) is 10.4 Å².